The van der Waals surface area contributed by atoms with Crippen molar-refractivity contribution in [1.29, 1.82) is 0 Å². The van der Waals surface area contributed by atoms with Gasteiger partial charge in [0.05, 0.1) is 17.6 Å². The maximum Gasteiger partial charge on any atom is 0.139 e. The van der Waals surface area contributed by atoms with E-state index in [9.17, 15) is 0 Å². The monoisotopic (exact) mass is 357 g/mol. The Morgan fingerprint density at radius 2 is 2.04 bits per heavy atom. The highest BCUT2D eigenvalue weighted by Crippen LogP contribution is 2.41. The summed E-state index contributed by atoms with van der Waals surface area (Å²) >= 11 is 0. The lowest BCUT2D eigenvalue weighted by atomic mass is 10.1. The van der Waals surface area contributed by atoms with Gasteiger partial charge in [-0.1, -0.05) is 6.92 Å². The van der Waals surface area contributed by atoms with E-state index in [2.05, 4.69) is 27.2 Å². The van der Waals surface area contributed by atoms with Gasteiger partial charge in [0.2, 0.25) is 0 Å². The summed E-state index contributed by atoms with van der Waals surface area (Å²) in [5.74, 6) is 3.86. The third-order valence-corrected chi connectivity index (χ3v) is 4.91. The highest BCUT2D eigenvalue weighted by molar-refractivity contribution is 5.94. The molecule has 134 valence electrons. The summed E-state index contributed by atoms with van der Waals surface area (Å²) in [6.45, 7) is 4.12. The van der Waals surface area contributed by atoms with Crippen molar-refractivity contribution in [3.63, 3.8) is 0 Å². The van der Waals surface area contributed by atoms with E-state index in [1.807, 2.05) is 43.5 Å². The summed E-state index contributed by atoms with van der Waals surface area (Å²) < 4.78 is 5.78. The molecule has 1 aliphatic heterocycles. The molecule has 0 aromatic carbocycles. The molecule has 1 atom stereocenters. The highest BCUT2D eigenvalue weighted by Gasteiger charge is 2.24. The number of fused-ring (bicyclic) bond motifs is 5. The molecule has 0 spiro atoms. The molecule has 5 rings (SSSR count). The van der Waals surface area contributed by atoms with E-state index >= 15 is 0 Å². The number of aryl methyl sites for hydroxylation is 1. The van der Waals surface area contributed by atoms with Crippen molar-refractivity contribution in [2.45, 2.75) is 26.2 Å². The van der Waals surface area contributed by atoms with Crippen LogP contribution in [0.3, 0.4) is 0 Å². The number of aromatic amines is 1. The van der Waals surface area contributed by atoms with Gasteiger partial charge in [-0.25, -0.2) is 9.97 Å². The van der Waals surface area contributed by atoms with Crippen LogP contribution in [0, 0.1) is 6.92 Å². The number of hydrogen-bond acceptors (Lipinski definition) is 5. The lowest BCUT2D eigenvalue weighted by molar-refractivity contribution is 0.449. The molecule has 27 heavy (non-hydrogen) atoms. The zero-order chi connectivity index (χ0) is 18.4. The van der Waals surface area contributed by atoms with Gasteiger partial charge in [-0.15, -0.1) is 0 Å². The second-order valence-electron chi connectivity index (χ2n) is 6.91. The van der Waals surface area contributed by atoms with E-state index in [1.165, 1.54) is 0 Å². The van der Waals surface area contributed by atoms with Gasteiger partial charge in [-0.2, -0.15) is 0 Å². The maximum absolute atomic E-state index is 5.78. The van der Waals surface area contributed by atoms with Crippen molar-refractivity contribution < 1.29 is 4.42 Å². The topological polar surface area (TPSA) is 79.6 Å². The molecule has 6 heteroatoms. The Bertz CT molecular complexity index is 1060. The molecule has 2 N–H and O–H groups in total. The lowest BCUT2D eigenvalue weighted by Crippen LogP contribution is -2.00. The molecule has 0 aliphatic carbocycles. The van der Waals surface area contributed by atoms with Gasteiger partial charge in [0, 0.05) is 35.9 Å². The summed E-state index contributed by atoms with van der Waals surface area (Å²) in [6, 6.07) is 10.0. The van der Waals surface area contributed by atoms with E-state index in [0.717, 1.165) is 57.8 Å². The fourth-order valence-electron chi connectivity index (χ4n) is 3.55. The minimum absolute atomic E-state index is 0.233. The molecular weight excluding hydrogens is 338 g/mol. The Kier molecular flexibility index (Phi) is 3.57. The van der Waals surface area contributed by atoms with Gasteiger partial charge in [0.25, 0.3) is 0 Å². The first kappa shape index (κ1) is 15.8. The van der Waals surface area contributed by atoms with Gasteiger partial charge in [-0.3, -0.25) is 4.98 Å². The van der Waals surface area contributed by atoms with Crippen molar-refractivity contribution in [2.75, 3.05) is 5.32 Å². The number of imidazole rings is 1. The first-order valence-electron chi connectivity index (χ1n) is 9.01. The van der Waals surface area contributed by atoms with Crippen molar-refractivity contribution in [2.24, 2.45) is 0 Å². The van der Waals surface area contributed by atoms with Crippen LogP contribution in [0.25, 0.3) is 22.5 Å². The molecule has 1 unspecified atom stereocenters. The highest BCUT2D eigenvalue weighted by atomic mass is 16.3. The van der Waals surface area contributed by atoms with Crippen LogP contribution in [0.5, 0.6) is 0 Å². The molecule has 0 bridgehead atoms. The summed E-state index contributed by atoms with van der Waals surface area (Å²) in [5, 5.41) is 3.38. The minimum atomic E-state index is 0.233. The fraction of sp³-hybridized carbons (Fsp3) is 0.190. The van der Waals surface area contributed by atoms with Crippen LogP contribution < -0.4 is 5.32 Å². The summed E-state index contributed by atoms with van der Waals surface area (Å²) in [7, 11) is 0. The fourth-order valence-corrected chi connectivity index (χ4v) is 3.55. The number of pyridine rings is 2. The van der Waals surface area contributed by atoms with Crippen LogP contribution in [0.15, 0.2) is 53.3 Å². The van der Waals surface area contributed by atoms with Crippen molar-refractivity contribution in [3.05, 3.63) is 66.3 Å². The first-order chi connectivity index (χ1) is 13.2. The molecule has 5 heterocycles. The predicted octanol–water partition coefficient (Wildman–Crippen LogP) is 4.84. The van der Waals surface area contributed by atoms with Crippen molar-refractivity contribution >= 4 is 11.5 Å². The Morgan fingerprint density at radius 3 is 2.89 bits per heavy atom. The Balaban J connectivity index is 1.60. The van der Waals surface area contributed by atoms with E-state index in [1.54, 1.807) is 12.4 Å². The van der Waals surface area contributed by atoms with E-state index in [0.29, 0.717) is 0 Å². The maximum atomic E-state index is 5.78. The normalized spacial score (nSPS) is 13.1. The largest absolute Gasteiger partial charge is 0.466 e. The quantitative estimate of drug-likeness (QED) is 0.483. The number of anilines is 2. The number of H-pyrrole nitrogens is 1. The number of aromatic nitrogens is 4. The van der Waals surface area contributed by atoms with Gasteiger partial charge in [-0.05, 0) is 37.3 Å². The Labute approximate surface area is 156 Å². The molecule has 0 saturated carbocycles. The molecule has 0 amide bonds. The van der Waals surface area contributed by atoms with E-state index < -0.39 is 0 Å². The SMILES string of the molecule is Cc1ccc(C(C)Cc2nc3c([nH]2)-c2ccncc2Nc2ncccc2-3)o1. The first-order valence-corrected chi connectivity index (χ1v) is 9.01. The second-order valence-corrected chi connectivity index (χ2v) is 6.91. The standard InChI is InChI=1S/C21H19N5O/c1-12(17-6-5-13(2)27-17)10-18-25-19-14-7-9-22-11-16(14)24-21-15(20(19)26-18)4-3-8-23-21/h3-9,11-12H,10H2,1-2H3,(H,23,24)(H,25,26). The molecule has 6 nitrogen and oxygen atoms in total. The number of nitrogens with zero attached hydrogens (tertiary/aromatic N) is 3. The van der Waals surface area contributed by atoms with Crippen LogP contribution in [-0.4, -0.2) is 19.9 Å². The molecule has 4 aromatic rings. The van der Waals surface area contributed by atoms with Crippen molar-refractivity contribution in [3.8, 4) is 22.5 Å². The number of nitrogens with one attached hydrogen (secondary N) is 2. The Morgan fingerprint density at radius 1 is 1.11 bits per heavy atom. The smallest absolute Gasteiger partial charge is 0.139 e. The van der Waals surface area contributed by atoms with Gasteiger partial charge in [0.1, 0.15) is 28.9 Å². The predicted molar refractivity (Wildman–Crippen MR) is 104 cm³/mol. The van der Waals surface area contributed by atoms with Crippen LogP contribution in [0.2, 0.25) is 0 Å². The summed E-state index contributed by atoms with van der Waals surface area (Å²) in [4.78, 5) is 17.2. The number of furan rings is 1. The molecular formula is C21H19N5O. The van der Waals surface area contributed by atoms with Crippen LogP contribution in [0.4, 0.5) is 11.5 Å². The Hall–Kier alpha value is -3.41. The summed E-state index contributed by atoms with van der Waals surface area (Å²) in [6.07, 6.45) is 6.16. The summed E-state index contributed by atoms with van der Waals surface area (Å²) in [5.41, 5.74) is 4.84. The van der Waals surface area contributed by atoms with Gasteiger partial charge < -0.3 is 14.7 Å². The average molecular weight is 357 g/mol. The molecule has 0 saturated heterocycles. The molecule has 0 fully saturated rings. The van der Waals surface area contributed by atoms with Crippen LogP contribution >= 0.6 is 0 Å². The third-order valence-electron chi connectivity index (χ3n) is 4.91. The zero-order valence-electron chi connectivity index (χ0n) is 15.2. The zero-order valence-corrected chi connectivity index (χ0v) is 15.2. The molecule has 0 radical (unpaired) electrons. The van der Waals surface area contributed by atoms with Gasteiger partial charge >= 0.3 is 0 Å². The van der Waals surface area contributed by atoms with Gasteiger partial charge in [0.15, 0.2) is 0 Å². The minimum Gasteiger partial charge on any atom is -0.466 e. The number of hydrogen-bond donors (Lipinski definition) is 2. The lowest BCUT2D eigenvalue weighted by Gasteiger charge is -2.08. The number of rotatable bonds is 3. The third kappa shape index (κ3) is 2.70. The van der Waals surface area contributed by atoms with E-state index in [-0.39, 0.29) is 5.92 Å². The van der Waals surface area contributed by atoms with Crippen molar-refractivity contribution in [1.82, 2.24) is 19.9 Å². The van der Waals surface area contributed by atoms with Crippen LogP contribution in [-0.2, 0) is 6.42 Å². The molecule has 4 aromatic heterocycles. The second kappa shape index (κ2) is 6.09. The van der Waals surface area contributed by atoms with Crippen LogP contribution in [0.1, 0.15) is 30.2 Å². The average Bonchev–Trinajstić information content (AvgIpc) is 3.26. The molecule has 1 aliphatic rings. The van der Waals surface area contributed by atoms with E-state index in [4.69, 9.17) is 9.40 Å².